The van der Waals surface area contributed by atoms with Crippen molar-refractivity contribution in [3.8, 4) is 0 Å². The van der Waals surface area contributed by atoms with E-state index in [1.807, 2.05) is 0 Å². The molecular formula is C11H16O4. The molecule has 1 aliphatic carbocycles. The number of carbonyl (C=O) groups is 2. The van der Waals surface area contributed by atoms with Crippen LogP contribution in [-0.4, -0.2) is 24.6 Å². The molecule has 0 unspecified atom stereocenters. The molecule has 1 rings (SSSR count). The number of esters is 2. The zero-order valence-electron chi connectivity index (χ0n) is 9.12. The lowest BCUT2D eigenvalue weighted by molar-refractivity contribution is -0.148. The van der Waals surface area contributed by atoms with Crippen molar-refractivity contribution in [1.29, 1.82) is 0 Å². The van der Waals surface area contributed by atoms with Gasteiger partial charge in [0.05, 0.1) is 12.2 Å². The first kappa shape index (κ1) is 11.8. The summed E-state index contributed by atoms with van der Waals surface area (Å²) in [5.74, 6) is -0.736. The number of ether oxygens (including phenoxy) is 2. The van der Waals surface area contributed by atoms with E-state index in [1.165, 1.54) is 6.92 Å². The zero-order chi connectivity index (χ0) is 11.3. The molecular weight excluding hydrogens is 196 g/mol. The molecule has 0 bridgehead atoms. The number of allylic oxidation sites excluding steroid dienone is 1. The predicted molar refractivity (Wildman–Crippen MR) is 54.1 cm³/mol. The van der Waals surface area contributed by atoms with Crippen LogP contribution in [0.15, 0.2) is 11.6 Å². The molecule has 4 nitrogen and oxygen atoms in total. The van der Waals surface area contributed by atoms with Gasteiger partial charge in [0.1, 0.15) is 6.10 Å². The van der Waals surface area contributed by atoms with Crippen LogP contribution in [0.5, 0.6) is 0 Å². The highest BCUT2D eigenvalue weighted by Gasteiger charge is 2.26. The first-order chi connectivity index (χ1) is 7.15. The Morgan fingerprint density at radius 1 is 1.53 bits per heavy atom. The third-order valence-electron chi connectivity index (χ3n) is 2.20. The lowest BCUT2D eigenvalue weighted by atomic mass is 9.96. The quantitative estimate of drug-likeness (QED) is 0.667. The van der Waals surface area contributed by atoms with Gasteiger partial charge >= 0.3 is 11.9 Å². The maximum Gasteiger partial charge on any atom is 0.337 e. The second-order valence-corrected chi connectivity index (χ2v) is 3.41. The summed E-state index contributed by atoms with van der Waals surface area (Å²) in [5.41, 5.74) is 0.485. The number of hydrogen-bond acceptors (Lipinski definition) is 4. The average molecular weight is 212 g/mol. The largest absolute Gasteiger partial charge is 0.463 e. The smallest absolute Gasteiger partial charge is 0.337 e. The summed E-state index contributed by atoms with van der Waals surface area (Å²) >= 11 is 0. The molecule has 0 fully saturated rings. The molecule has 1 aliphatic rings. The van der Waals surface area contributed by atoms with Crippen molar-refractivity contribution in [1.82, 2.24) is 0 Å². The summed E-state index contributed by atoms with van der Waals surface area (Å²) in [4.78, 5) is 22.3. The van der Waals surface area contributed by atoms with E-state index in [1.54, 1.807) is 13.0 Å². The minimum Gasteiger partial charge on any atom is -0.463 e. The van der Waals surface area contributed by atoms with Crippen molar-refractivity contribution >= 4 is 11.9 Å². The van der Waals surface area contributed by atoms with Gasteiger partial charge in [0.25, 0.3) is 0 Å². The topological polar surface area (TPSA) is 52.6 Å². The molecule has 0 aromatic heterocycles. The highest BCUT2D eigenvalue weighted by atomic mass is 16.6. The van der Waals surface area contributed by atoms with Crippen molar-refractivity contribution in [2.45, 2.75) is 39.2 Å². The van der Waals surface area contributed by atoms with Gasteiger partial charge in [0.2, 0.25) is 0 Å². The SMILES string of the molecule is CCOC(=O)C1=CCCC[C@H]1OC(C)=O. The van der Waals surface area contributed by atoms with Gasteiger partial charge in [-0.2, -0.15) is 0 Å². The van der Waals surface area contributed by atoms with Crippen LogP contribution in [0.1, 0.15) is 33.1 Å². The Labute approximate surface area is 89.2 Å². The Kier molecular flexibility index (Phi) is 4.34. The predicted octanol–water partition coefficient (Wildman–Crippen LogP) is 1.59. The molecule has 4 heteroatoms. The van der Waals surface area contributed by atoms with Crippen molar-refractivity contribution in [3.63, 3.8) is 0 Å². The van der Waals surface area contributed by atoms with E-state index < -0.39 is 6.10 Å². The summed E-state index contributed by atoms with van der Waals surface area (Å²) in [6.07, 6.45) is 3.85. The maximum atomic E-state index is 11.5. The van der Waals surface area contributed by atoms with Crippen molar-refractivity contribution in [3.05, 3.63) is 11.6 Å². The van der Waals surface area contributed by atoms with Crippen LogP contribution in [0.3, 0.4) is 0 Å². The first-order valence-electron chi connectivity index (χ1n) is 5.19. The van der Waals surface area contributed by atoms with E-state index >= 15 is 0 Å². The Hall–Kier alpha value is -1.32. The van der Waals surface area contributed by atoms with Crippen LogP contribution >= 0.6 is 0 Å². The normalized spacial score (nSPS) is 20.4. The van der Waals surface area contributed by atoms with Crippen LogP contribution in [0.25, 0.3) is 0 Å². The van der Waals surface area contributed by atoms with Gasteiger partial charge < -0.3 is 9.47 Å². The average Bonchev–Trinajstić information content (AvgIpc) is 2.18. The summed E-state index contributed by atoms with van der Waals surface area (Å²) in [5, 5.41) is 0. The van der Waals surface area contributed by atoms with E-state index in [-0.39, 0.29) is 11.9 Å². The molecule has 0 N–H and O–H groups in total. The van der Waals surface area contributed by atoms with Crippen molar-refractivity contribution < 1.29 is 19.1 Å². The van der Waals surface area contributed by atoms with E-state index in [9.17, 15) is 9.59 Å². The van der Waals surface area contributed by atoms with Gasteiger partial charge in [-0.25, -0.2) is 4.79 Å². The second-order valence-electron chi connectivity index (χ2n) is 3.41. The van der Waals surface area contributed by atoms with Gasteiger partial charge in [-0.3, -0.25) is 4.79 Å². The molecule has 1 atom stereocenters. The van der Waals surface area contributed by atoms with E-state index in [0.717, 1.165) is 12.8 Å². The lowest BCUT2D eigenvalue weighted by Gasteiger charge is -2.22. The number of rotatable bonds is 3. The Balaban J connectivity index is 2.68. The van der Waals surface area contributed by atoms with Gasteiger partial charge in [0, 0.05) is 6.92 Å². The third-order valence-corrected chi connectivity index (χ3v) is 2.20. The third kappa shape index (κ3) is 3.38. The summed E-state index contributed by atoms with van der Waals surface area (Å²) in [6.45, 7) is 3.43. The molecule has 0 aromatic rings. The molecule has 0 spiro atoms. The zero-order valence-corrected chi connectivity index (χ0v) is 9.12. The fourth-order valence-corrected chi connectivity index (χ4v) is 1.60. The molecule has 15 heavy (non-hydrogen) atoms. The number of carbonyl (C=O) groups excluding carboxylic acids is 2. The summed E-state index contributed by atoms with van der Waals surface area (Å²) in [6, 6.07) is 0. The minimum atomic E-state index is -0.421. The lowest BCUT2D eigenvalue weighted by Crippen LogP contribution is -2.27. The monoisotopic (exact) mass is 212 g/mol. The fourth-order valence-electron chi connectivity index (χ4n) is 1.60. The molecule has 0 amide bonds. The van der Waals surface area contributed by atoms with Gasteiger partial charge in [-0.15, -0.1) is 0 Å². The fraction of sp³-hybridized carbons (Fsp3) is 0.636. The van der Waals surface area contributed by atoms with Crippen LogP contribution in [0.2, 0.25) is 0 Å². The molecule has 84 valence electrons. The molecule has 0 heterocycles. The highest BCUT2D eigenvalue weighted by molar-refractivity contribution is 5.90. The van der Waals surface area contributed by atoms with E-state index in [4.69, 9.17) is 9.47 Å². The van der Waals surface area contributed by atoms with Crippen molar-refractivity contribution in [2.24, 2.45) is 0 Å². The molecule has 0 aliphatic heterocycles. The molecule has 0 saturated heterocycles. The number of hydrogen-bond donors (Lipinski definition) is 0. The van der Waals surface area contributed by atoms with Crippen LogP contribution in [-0.2, 0) is 19.1 Å². The second kappa shape index (κ2) is 5.53. The maximum absolute atomic E-state index is 11.5. The van der Waals surface area contributed by atoms with Crippen LogP contribution < -0.4 is 0 Å². The standard InChI is InChI=1S/C11H16O4/c1-3-14-11(13)9-6-4-5-7-10(9)15-8(2)12/h6,10H,3-5,7H2,1-2H3/t10-/m1/s1. The Morgan fingerprint density at radius 2 is 2.27 bits per heavy atom. The Morgan fingerprint density at radius 3 is 2.87 bits per heavy atom. The van der Waals surface area contributed by atoms with Gasteiger partial charge in [-0.05, 0) is 26.2 Å². The van der Waals surface area contributed by atoms with Crippen LogP contribution in [0.4, 0.5) is 0 Å². The van der Waals surface area contributed by atoms with E-state index in [2.05, 4.69) is 0 Å². The van der Waals surface area contributed by atoms with Crippen LogP contribution in [0, 0.1) is 0 Å². The molecule has 0 radical (unpaired) electrons. The van der Waals surface area contributed by atoms with E-state index in [0.29, 0.717) is 18.6 Å². The minimum absolute atomic E-state index is 0.336. The first-order valence-corrected chi connectivity index (χ1v) is 5.19. The molecule has 0 saturated carbocycles. The molecule has 0 aromatic carbocycles. The van der Waals surface area contributed by atoms with Gasteiger partial charge in [-0.1, -0.05) is 6.08 Å². The summed E-state index contributed by atoms with van der Waals surface area (Å²) in [7, 11) is 0. The summed E-state index contributed by atoms with van der Waals surface area (Å²) < 4.78 is 9.96. The highest BCUT2D eigenvalue weighted by Crippen LogP contribution is 2.22. The Bertz CT molecular complexity index is 280. The van der Waals surface area contributed by atoms with Crippen molar-refractivity contribution in [2.75, 3.05) is 6.61 Å². The van der Waals surface area contributed by atoms with Gasteiger partial charge in [0.15, 0.2) is 0 Å².